The summed E-state index contributed by atoms with van der Waals surface area (Å²) in [4.78, 5) is 31.7. The van der Waals surface area contributed by atoms with E-state index in [-0.39, 0.29) is 30.0 Å². The molecule has 0 fully saturated rings. The Hall–Kier alpha value is -3.30. The highest BCUT2D eigenvalue weighted by molar-refractivity contribution is 6.22. The van der Waals surface area contributed by atoms with E-state index in [1.807, 2.05) is 79.3 Å². The molecule has 9 nitrogen and oxygen atoms in total. The molecular weight excluding hydrogens is 540 g/mol. The van der Waals surface area contributed by atoms with Gasteiger partial charge in [-0.1, -0.05) is 38.6 Å². The van der Waals surface area contributed by atoms with Crippen LogP contribution in [0.3, 0.4) is 0 Å². The van der Waals surface area contributed by atoms with Gasteiger partial charge in [-0.2, -0.15) is 0 Å². The lowest BCUT2D eigenvalue weighted by molar-refractivity contribution is -0.125. The number of rotatable bonds is 15. The Labute approximate surface area is 252 Å². The lowest BCUT2D eigenvalue weighted by Crippen LogP contribution is -2.35. The van der Waals surface area contributed by atoms with Crippen molar-refractivity contribution < 1.29 is 14.3 Å². The Kier molecular flexibility index (Phi) is 18.9. The van der Waals surface area contributed by atoms with Gasteiger partial charge in [0.2, 0.25) is 17.7 Å². The minimum atomic E-state index is -0.587. The van der Waals surface area contributed by atoms with Gasteiger partial charge in [-0.15, -0.1) is 11.6 Å². The molecule has 0 aliphatic carbocycles. The number of allylic oxidation sites excluding steroid dienone is 2. The first-order valence-electron chi connectivity index (χ1n) is 13.8. The van der Waals surface area contributed by atoms with E-state index < -0.39 is 5.41 Å². The molecule has 230 valence electrons. The topological polar surface area (TPSA) is 107 Å². The number of halogens is 1. The number of carbonyl (C=O) groups excluding carboxylic acids is 2. The molecule has 0 aromatic heterocycles. The van der Waals surface area contributed by atoms with Crippen molar-refractivity contribution in [2.45, 2.75) is 52.3 Å². The lowest BCUT2D eigenvalue weighted by atomic mass is 9.85. The molecule has 41 heavy (non-hydrogen) atoms. The third-order valence-corrected chi connectivity index (χ3v) is 5.77. The summed E-state index contributed by atoms with van der Waals surface area (Å²) < 4.78 is 5.49. The molecule has 1 aromatic carbocycles. The van der Waals surface area contributed by atoms with Crippen molar-refractivity contribution in [1.29, 1.82) is 0 Å². The summed E-state index contributed by atoms with van der Waals surface area (Å²) in [5, 5.41) is 11.6. The number of para-hydroxylation sites is 1. The molecule has 1 aromatic rings. The number of amides is 2. The number of alkyl halides is 1. The summed E-state index contributed by atoms with van der Waals surface area (Å²) in [5.41, 5.74) is 2.54. The van der Waals surface area contributed by atoms with Gasteiger partial charge in [0.1, 0.15) is 5.70 Å². The fourth-order valence-electron chi connectivity index (χ4n) is 3.70. The van der Waals surface area contributed by atoms with E-state index in [0.29, 0.717) is 23.9 Å². The number of hydrogen-bond donors (Lipinski definition) is 4. The lowest BCUT2D eigenvalue weighted by Gasteiger charge is -2.24. The number of nitrogens with one attached hydrogen (secondary N) is 4. The zero-order valence-corrected chi connectivity index (χ0v) is 27.1. The van der Waals surface area contributed by atoms with Crippen molar-refractivity contribution >= 4 is 35.0 Å². The average molecular weight is 591 g/mol. The summed E-state index contributed by atoms with van der Waals surface area (Å²) in [7, 11) is 9.30. The Morgan fingerprint density at radius 2 is 1.71 bits per heavy atom. The molecule has 0 saturated carbocycles. The van der Waals surface area contributed by atoms with Gasteiger partial charge in [-0.3, -0.25) is 14.6 Å². The SMILES string of the molecule is C=C/C(NC(=O)CC(C)(C)CC(=O)N/C(=C/C(C)Cl)C(=NC)OCC)=C(/CCN(C)C)NC.CNc1ccccc1. The van der Waals surface area contributed by atoms with E-state index in [0.717, 1.165) is 24.4 Å². The molecule has 2 amide bonds. The van der Waals surface area contributed by atoms with Crippen molar-refractivity contribution in [3.05, 3.63) is 66.2 Å². The van der Waals surface area contributed by atoms with Crippen LogP contribution >= 0.6 is 11.6 Å². The minimum absolute atomic E-state index is 0.129. The Bertz CT molecular complexity index is 1030. The highest BCUT2D eigenvalue weighted by Gasteiger charge is 2.27. The van der Waals surface area contributed by atoms with Crippen LogP contribution in [0.1, 0.15) is 47.0 Å². The monoisotopic (exact) mass is 590 g/mol. The first kappa shape index (κ1) is 37.7. The zero-order valence-electron chi connectivity index (χ0n) is 26.4. The van der Waals surface area contributed by atoms with Gasteiger partial charge in [-0.25, -0.2) is 0 Å². The van der Waals surface area contributed by atoms with Crippen LogP contribution < -0.4 is 21.3 Å². The second kappa shape index (κ2) is 20.6. The van der Waals surface area contributed by atoms with Crippen LogP contribution in [0.4, 0.5) is 5.69 Å². The predicted octanol–water partition coefficient (Wildman–Crippen LogP) is 4.90. The Balaban J connectivity index is 0.00000170. The highest BCUT2D eigenvalue weighted by atomic mass is 35.5. The summed E-state index contributed by atoms with van der Waals surface area (Å²) in [6, 6.07) is 10.1. The van der Waals surface area contributed by atoms with Crippen LogP contribution in [-0.4, -0.2) is 76.4 Å². The van der Waals surface area contributed by atoms with Crippen molar-refractivity contribution in [1.82, 2.24) is 20.9 Å². The molecule has 0 heterocycles. The normalized spacial score (nSPS) is 13.2. The molecule has 10 heteroatoms. The van der Waals surface area contributed by atoms with Crippen molar-refractivity contribution in [3.63, 3.8) is 0 Å². The number of carbonyl (C=O) groups is 2. The third-order valence-electron chi connectivity index (χ3n) is 5.64. The number of anilines is 1. The summed E-state index contributed by atoms with van der Waals surface area (Å²) in [6.45, 7) is 12.4. The molecule has 0 saturated heterocycles. The predicted molar refractivity (Wildman–Crippen MR) is 173 cm³/mol. The maximum absolute atomic E-state index is 12.8. The molecule has 0 spiro atoms. The maximum Gasteiger partial charge on any atom is 0.232 e. The standard InChI is InChI=1S/C24H42ClN5O3.C7H9N/c1-10-18(19(26-6)12-13-30(8)9)28-21(31)15-24(4,5)16-22(32)29-20(14-17(3)25)23(27-7)33-11-2;1-8-7-5-3-2-4-6-7/h10,14,17,26H,1,11-13,15-16H2,2-9H3,(H,28,31)(H,29,32);2-6,8H,1H3/b19-18+,20-14+,27-23?;. The van der Waals surface area contributed by atoms with Gasteiger partial charge in [0, 0.05) is 58.3 Å². The molecule has 4 N–H and O–H groups in total. The second-order valence-electron chi connectivity index (χ2n) is 10.3. The number of aliphatic imine (C=N–C) groups is 1. The fraction of sp³-hybridized carbons (Fsp3) is 0.516. The molecule has 1 rings (SSSR count). The van der Waals surface area contributed by atoms with Crippen LogP contribution in [0.5, 0.6) is 0 Å². The zero-order chi connectivity index (χ0) is 31.4. The van der Waals surface area contributed by atoms with E-state index in [9.17, 15) is 9.59 Å². The minimum Gasteiger partial charge on any atom is -0.477 e. The van der Waals surface area contributed by atoms with Gasteiger partial charge < -0.3 is 30.9 Å². The van der Waals surface area contributed by atoms with Crippen LogP contribution in [0.25, 0.3) is 0 Å². The first-order chi connectivity index (χ1) is 19.3. The molecule has 0 radical (unpaired) electrons. The van der Waals surface area contributed by atoms with E-state index >= 15 is 0 Å². The maximum atomic E-state index is 12.8. The molecule has 1 unspecified atom stereocenters. The summed E-state index contributed by atoms with van der Waals surface area (Å²) in [6.07, 6.45) is 4.33. The van der Waals surface area contributed by atoms with Gasteiger partial charge in [0.15, 0.2) is 0 Å². The summed E-state index contributed by atoms with van der Waals surface area (Å²) in [5.74, 6) is -0.124. The van der Waals surface area contributed by atoms with Gasteiger partial charge in [-0.05, 0) is 57.6 Å². The van der Waals surface area contributed by atoms with E-state index in [1.54, 1.807) is 26.1 Å². The Morgan fingerprint density at radius 1 is 1.12 bits per heavy atom. The first-order valence-corrected chi connectivity index (χ1v) is 14.2. The van der Waals surface area contributed by atoms with Crippen molar-refractivity contribution in [2.24, 2.45) is 10.4 Å². The molecule has 0 aliphatic rings. The molecule has 0 aliphatic heterocycles. The number of nitrogens with zero attached hydrogens (tertiary/aromatic N) is 2. The average Bonchev–Trinajstić information content (AvgIpc) is 2.90. The van der Waals surface area contributed by atoms with Crippen LogP contribution in [0.15, 0.2) is 71.1 Å². The van der Waals surface area contributed by atoms with Gasteiger partial charge in [0.05, 0.1) is 17.7 Å². The third kappa shape index (κ3) is 17.2. The van der Waals surface area contributed by atoms with Crippen molar-refractivity contribution in [3.8, 4) is 0 Å². The van der Waals surface area contributed by atoms with E-state index in [2.05, 4.69) is 37.7 Å². The van der Waals surface area contributed by atoms with Gasteiger partial charge >= 0.3 is 0 Å². The second-order valence-corrected chi connectivity index (χ2v) is 11.0. The smallest absolute Gasteiger partial charge is 0.232 e. The number of hydrogen-bond acceptors (Lipinski definition) is 7. The Morgan fingerprint density at radius 3 is 2.12 bits per heavy atom. The fourth-order valence-corrected chi connectivity index (χ4v) is 3.83. The van der Waals surface area contributed by atoms with Gasteiger partial charge in [0.25, 0.3) is 0 Å². The molecule has 1 atom stereocenters. The van der Waals surface area contributed by atoms with Crippen molar-refractivity contribution in [2.75, 3.05) is 53.7 Å². The molecular formula is C31H51ClN6O3. The van der Waals surface area contributed by atoms with E-state index in [1.165, 1.54) is 0 Å². The quantitative estimate of drug-likeness (QED) is 0.100. The highest BCUT2D eigenvalue weighted by Crippen LogP contribution is 2.25. The van der Waals surface area contributed by atoms with Crippen LogP contribution in [0, 0.1) is 5.41 Å². The number of benzene rings is 1. The van der Waals surface area contributed by atoms with Crippen LogP contribution in [-0.2, 0) is 14.3 Å². The van der Waals surface area contributed by atoms with Crippen LogP contribution in [0.2, 0.25) is 0 Å². The summed E-state index contributed by atoms with van der Waals surface area (Å²) >= 11 is 6.09. The number of ether oxygens (including phenoxy) is 1. The molecule has 0 bridgehead atoms. The van der Waals surface area contributed by atoms with E-state index in [4.69, 9.17) is 16.3 Å². The largest absolute Gasteiger partial charge is 0.477 e.